The van der Waals surface area contributed by atoms with Crippen molar-refractivity contribution in [3.05, 3.63) is 52.5 Å². The van der Waals surface area contributed by atoms with Gasteiger partial charge in [0.2, 0.25) is 0 Å². The molecule has 0 N–H and O–H groups in total. The number of esters is 1. The fourth-order valence-electron chi connectivity index (χ4n) is 1.71. The molecule has 2 rings (SSSR count). The van der Waals surface area contributed by atoms with Gasteiger partial charge in [0, 0.05) is 5.02 Å². The second-order valence-electron chi connectivity index (χ2n) is 4.41. The molecule has 2 aromatic carbocycles. The maximum atomic E-state index is 11.5. The lowest BCUT2D eigenvalue weighted by Crippen LogP contribution is -2.25. The molecule has 0 saturated heterocycles. The summed E-state index contributed by atoms with van der Waals surface area (Å²) in [5.74, 6) is 0.807. The monoisotopic (exact) mass is 340 g/mol. The van der Waals surface area contributed by atoms with Crippen LogP contribution in [0.15, 0.2) is 42.5 Å². The molecule has 0 radical (unpaired) electrons. The van der Waals surface area contributed by atoms with Crippen molar-refractivity contribution in [1.82, 2.24) is 0 Å². The Bertz CT molecular complexity index is 673. The van der Waals surface area contributed by atoms with Crippen molar-refractivity contribution in [3.63, 3.8) is 0 Å². The molecule has 6 heteroatoms. The van der Waals surface area contributed by atoms with Gasteiger partial charge in [-0.25, -0.2) is 4.79 Å². The van der Waals surface area contributed by atoms with E-state index in [2.05, 4.69) is 4.74 Å². The third-order valence-corrected chi connectivity index (χ3v) is 3.33. The third-order valence-electron chi connectivity index (χ3n) is 2.80. The predicted molar refractivity (Wildman–Crippen MR) is 85.1 cm³/mol. The molecule has 0 aliphatic rings. The van der Waals surface area contributed by atoms with Gasteiger partial charge in [0.25, 0.3) is 0 Å². The van der Waals surface area contributed by atoms with Crippen LogP contribution in [0.1, 0.15) is 6.92 Å². The van der Waals surface area contributed by atoms with Crippen LogP contribution in [0.3, 0.4) is 0 Å². The first kappa shape index (κ1) is 16.5. The lowest BCUT2D eigenvalue weighted by Gasteiger charge is -2.16. The highest BCUT2D eigenvalue weighted by molar-refractivity contribution is 6.35. The molecule has 0 saturated carbocycles. The van der Waals surface area contributed by atoms with Crippen molar-refractivity contribution in [2.24, 2.45) is 0 Å². The molecule has 0 aliphatic carbocycles. The molecule has 0 fully saturated rings. The molecule has 1 unspecified atom stereocenters. The van der Waals surface area contributed by atoms with Crippen molar-refractivity contribution in [2.45, 2.75) is 13.0 Å². The number of methoxy groups -OCH3 is 1. The van der Waals surface area contributed by atoms with E-state index in [1.54, 1.807) is 49.4 Å². The number of hydrogen-bond acceptors (Lipinski definition) is 4. The Morgan fingerprint density at radius 1 is 1.05 bits per heavy atom. The van der Waals surface area contributed by atoms with E-state index in [-0.39, 0.29) is 0 Å². The number of ether oxygens (including phenoxy) is 3. The molecular weight excluding hydrogens is 327 g/mol. The minimum atomic E-state index is -0.754. The van der Waals surface area contributed by atoms with Gasteiger partial charge in [0.05, 0.1) is 12.1 Å². The summed E-state index contributed by atoms with van der Waals surface area (Å²) in [5, 5.41) is 0.893. The van der Waals surface area contributed by atoms with E-state index in [4.69, 9.17) is 32.7 Å². The Hall–Kier alpha value is -1.91. The molecule has 1 atom stereocenters. The van der Waals surface area contributed by atoms with Crippen molar-refractivity contribution >= 4 is 29.2 Å². The van der Waals surface area contributed by atoms with Crippen LogP contribution in [0.5, 0.6) is 17.2 Å². The first-order valence-corrected chi connectivity index (χ1v) is 7.23. The molecule has 0 aliphatic heterocycles. The maximum Gasteiger partial charge on any atom is 0.346 e. The lowest BCUT2D eigenvalue weighted by atomic mass is 10.3. The number of rotatable bonds is 5. The van der Waals surface area contributed by atoms with Crippen molar-refractivity contribution in [1.29, 1.82) is 0 Å². The number of halogens is 2. The Balaban J connectivity index is 2.23. The van der Waals surface area contributed by atoms with E-state index in [1.807, 2.05) is 0 Å². The van der Waals surface area contributed by atoms with E-state index in [9.17, 15) is 4.79 Å². The van der Waals surface area contributed by atoms with Gasteiger partial charge in [-0.2, -0.15) is 0 Å². The fourth-order valence-corrected chi connectivity index (χ4v) is 2.16. The molecule has 0 heterocycles. The summed E-state index contributed by atoms with van der Waals surface area (Å²) in [6.07, 6.45) is -0.754. The lowest BCUT2D eigenvalue weighted by molar-refractivity contribution is -0.147. The second kappa shape index (κ2) is 7.38. The first-order chi connectivity index (χ1) is 10.5. The number of carbonyl (C=O) groups is 1. The standard InChI is InChI=1S/C16H14Cl2O4/c1-10(16(19)20-2)21-14-5-3-4-6-15(14)22-13-8-7-11(17)9-12(13)18/h3-10H,1-2H3. The second-order valence-corrected chi connectivity index (χ2v) is 5.25. The topological polar surface area (TPSA) is 44.8 Å². The minimum absolute atomic E-state index is 0.378. The molecule has 0 spiro atoms. The summed E-state index contributed by atoms with van der Waals surface area (Å²) < 4.78 is 15.9. The van der Waals surface area contributed by atoms with Crippen molar-refractivity contribution < 1.29 is 19.0 Å². The maximum absolute atomic E-state index is 11.5. The normalized spacial score (nSPS) is 11.6. The third kappa shape index (κ3) is 4.06. The van der Waals surface area contributed by atoms with Gasteiger partial charge in [-0.05, 0) is 37.3 Å². The van der Waals surface area contributed by atoms with Gasteiger partial charge >= 0.3 is 5.97 Å². The zero-order valence-electron chi connectivity index (χ0n) is 12.0. The van der Waals surface area contributed by atoms with Gasteiger partial charge in [0.1, 0.15) is 5.75 Å². The summed E-state index contributed by atoms with van der Waals surface area (Å²) in [7, 11) is 1.30. The van der Waals surface area contributed by atoms with Crippen LogP contribution in [0.4, 0.5) is 0 Å². The highest BCUT2D eigenvalue weighted by Crippen LogP contribution is 2.36. The van der Waals surface area contributed by atoms with Crippen LogP contribution in [0.2, 0.25) is 10.0 Å². The molecule has 0 bridgehead atoms. The van der Waals surface area contributed by atoms with Gasteiger partial charge in [0.15, 0.2) is 17.6 Å². The van der Waals surface area contributed by atoms with Crippen LogP contribution in [-0.4, -0.2) is 19.2 Å². The van der Waals surface area contributed by atoms with Gasteiger partial charge < -0.3 is 14.2 Å². The average molecular weight is 341 g/mol. The average Bonchev–Trinajstić information content (AvgIpc) is 2.50. The Kier molecular flexibility index (Phi) is 5.52. The van der Waals surface area contributed by atoms with Crippen LogP contribution in [-0.2, 0) is 9.53 Å². The van der Waals surface area contributed by atoms with Crippen LogP contribution in [0.25, 0.3) is 0 Å². The minimum Gasteiger partial charge on any atom is -0.475 e. The zero-order valence-corrected chi connectivity index (χ0v) is 13.5. The molecular formula is C16H14Cl2O4. The smallest absolute Gasteiger partial charge is 0.346 e. The summed E-state index contributed by atoms with van der Waals surface area (Å²) in [6.45, 7) is 1.60. The quantitative estimate of drug-likeness (QED) is 0.738. The van der Waals surface area contributed by atoms with E-state index in [1.165, 1.54) is 7.11 Å². The fraction of sp³-hybridized carbons (Fsp3) is 0.188. The van der Waals surface area contributed by atoms with Crippen LogP contribution in [0, 0.1) is 0 Å². The Labute approximate surface area is 138 Å². The summed E-state index contributed by atoms with van der Waals surface area (Å²) in [6, 6.07) is 11.9. The molecule has 116 valence electrons. The SMILES string of the molecule is COC(=O)C(C)Oc1ccccc1Oc1ccc(Cl)cc1Cl. The number of carbonyl (C=O) groups excluding carboxylic acids is 1. The van der Waals surface area contributed by atoms with E-state index in [0.717, 1.165) is 0 Å². The molecule has 0 amide bonds. The van der Waals surface area contributed by atoms with E-state index < -0.39 is 12.1 Å². The highest BCUT2D eigenvalue weighted by atomic mass is 35.5. The Morgan fingerprint density at radius 2 is 1.73 bits per heavy atom. The zero-order chi connectivity index (χ0) is 16.1. The Morgan fingerprint density at radius 3 is 2.36 bits per heavy atom. The molecule has 22 heavy (non-hydrogen) atoms. The largest absolute Gasteiger partial charge is 0.475 e. The van der Waals surface area contributed by atoms with Crippen molar-refractivity contribution in [3.8, 4) is 17.2 Å². The van der Waals surface area contributed by atoms with Gasteiger partial charge in [-0.1, -0.05) is 35.3 Å². The first-order valence-electron chi connectivity index (χ1n) is 6.47. The number of benzene rings is 2. The molecule has 0 aromatic heterocycles. The molecule has 4 nitrogen and oxygen atoms in total. The summed E-state index contributed by atoms with van der Waals surface area (Å²) in [5.41, 5.74) is 0. The van der Waals surface area contributed by atoms with Gasteiger partial charge in [-0.15, -0.1) is 0 Å². The van der Waals surface area contributed by atoms with Gasteiger partial charge in [-0.3, -0.25) is 0 Å². The predicted octanol–water partition coefficient (Wildman–Crippen LogP) is 4.73. The van der Waals surface area contributed by atoms with E-state index >= 15 is 0 Å². The van der Waals surface area contributed by atoms with Crippen LogP contribution >= 0.6 is 23.2 Å². The van der Waals surface area contributed by atoms with Crippen LogP contribution < -0.4 is 9.47 Å². The number of hydrogen-bond donors (Lipinski definition) is 0. The number of para-hydroxylation sites is 2. The highest BCUT2D eigenvalue weighted by Gasteiger charge is 2.17. The van der Waals surface area contributed by atoms with E-state index in [0.29, 0.717) is 27.3 Å². The van der Waals surface area contributed by atoms with Crippen molar-refractivity contribution in [2.75, 3.05) is 7.11 Å². The summed E-state index contributed by atoms with van der Waals surface area (Å²) in [4.78, 5) is 11.5. The molecule has 2 aromatic rings. The summed E-state index contributed by atoms with van der Waals surface area (Å²) >= 11 is 11.9.